The molecular weight excluding hydrogens is 214 g/mol. The number of ether oxygens (including phenoxy) is 1. The van der Waals surface area contributed by atoms with E-state index in [4.69, 9.17) is 4.74 Å². The maximum absolute atomic E-state index is 11.6. The van der Waals surface area contributed by atoms with Crippen LogP contribution >= 0.6 is 0 Å². The van der Waals surface area contributed by atoms with Gasteiger partial charge >= 0.3 is 0 Å². The summed E-state index contributed by atoms with van der Waals surface area (Å²) in [6, 6.07) is 8.88. The van der Waals surface area contributed by atoms with Gasteiger partial charge in [0.2, 0.25) is 0 Å². The number of Topliss-reactive ketones (excluding diaryl/α,β-unsaturated/α-hetero) is 1. The van der Waals surface area contributed by atoms with E-state index in [2.05, 4.69) is 11.0 Å². The molecule has 1 aromatic rings. The van der Waals surface area contributed by atoms with Crippen molar-refractivity contribution in [3.05, 3.63) is 24.3 Å². The molecule has 0 aromatic heterocycles. The van der Waals surface area contributed by atoms with Gasteiger partial charge in [-0.15, -0.1) is 0 Å². The highest BCUT2D eigenvalue weighted by molar-refractivity contribution is 5.83. The molecule has 0 amide bonds. The van der Waals surface area contributed by atoms with Gasteiger partial charge in [-0.3, -0.25) is 4.79 Å². The third-order valence-electron chi connectivity index (χ3n) is 3.91. The summed E-state index contributed by atoms with van der Waals surface area (Å²) in [5.74, 6) is 1.34. The Hall–Kier alpha value is -1.51. The average molecular weight is 231 g/mol. The molecule has 2 aliphatic rings. The van der Waals surface area contributed by atoms with Gasteiger partial charge in [0.05, 0.1) is 12.8 Å². The molecule has 1 aromatic carbocycles. The van der Waals surface area contributed by atoms with Gasteiger partial charge in [-0.1, -0.05) is 12.1 Å². The van der Waals surface area contributed by atoms with Gasteiger partial charge in [-0.05, 0) is 25.0 Å². The van der Waals surface area contributed by atoms with Crippen LogP contribution in [-0.2, 0) is 4.79 Å². The fraction of sp³-hybridized carbons (Fsp3) is 0.500. The first-order chi connectivity index (χ1) is 8.29. The van der Waals surface area contributed by atoms with Gasteiger partial charge in [-0.2, -0.15) is 0 Å². The predicted molar refractivity (Wildman–Crippen MR) is 66.5 cm³/mol. The summed E-state index contributed by atoms with van der Waals surface area (Å²) in [6.45, 7) is 0. The zero-order valence-corrected chi connectivity index (χ0v) is 10.1. The molecule has 3 heteroatoms. The van der Waals surface area contributed by atoms with Crippen LogP contribution in [0.15, 0.2) is 24.3 Å². The van der Waals surface area contributed by atoms with Crippen LogP contribution in [0.25, 0.3) is 0 Å². The molecule has 0 spiro atoms. The standard InChI is InChI=1S/C14H17NO2/c1-17-14-5-3-2-4-13(14)15-10-6-7-11(15)9-12(16)8-10/h2-5,10-11H,6-9H2,1H3. The molecule has 0 N–H and O–H groups in total. The molecule has 3 nitrogen and oxygen atoms in total. The molecule has 2 saturated heterocycles. The van der Waals surface area contributed by atoms with Crippen LogP contribution in [0, 0.1) is 0 Å². The normalized spacial score (nSPS) is 27.4. The Morgan fingerprint density at radius 1 is 1.18 bits per heavy atom. The fourth-order valence-electron chi connectivity index (χ4n) is 3.21. The number of carbonyl (C=O) groups excluding carboxylic acids is 1. The van der Waals surface area contributed by atoms with Crippen molar-refractivity contribution in [2.45, 2.75) is 37.8 Å². The quantitative estimate of drug-likeness (QED) is 0.782. The van der Waals surface area contributed by atoms with Crippen molar-refractivity contribution in [3.63, 3.8) is 0 Å². The summed E-state index contributed by atoms with van der Waals surface area (Å²) in [4.78, 5) is 14.0. The van der Waals surface area contributed by atoms with Crippen molar-refractivity contribution in [1.29, 1.82) is 0 Å². The minimum absolute atomic E-state index is 0.387. The Bertz CT molecular complexity index is 428. The van der Waals surface area contributed by atoms with Crippen molar-refractivity contribution in [2.24, 2.45) is 0 Å². The SMILES string of the molecule is COc1ccccc1N1C2CCC1CC(=O)C2. The lowest BCUT2D eigenvalue weighted by atomic mass is 10.0. The smallest absolute Gasteiger partial charge is 0.142 e. The number of methoxy groups -OCH3 is 1. The van der Waals surface area contributed by atoms with Crippen LogP contribution in [0.3, 0.4) is 0 Å². The van der Waals surface area contributed by atoms with E-state index in [9.17, 15) is 4.79 Å². The number of carbonyl (C=O) groups is 1. The van der Waals surface area contributed by atoms with Crippen LogP contribution < -0.4 is 9.64 Å². The van der Waals surface area contributed by atoms with E-state index >= 15 is 0 Å². The fourth-order valence-corrected chi connectivity index (χ4v) is 3.21. The van der Waals surface area contributed by atoms with Crippen LogP contribution in [0.5, 0.6) is 5.75 Å². The van der Waals surface area contributed by atoms with Crippen molar-refractivity contribution >= 4 is 11.5 Å². The van der Waals surface area contributed by atoms with Crippen molar-refractivity contribution < 1.29 is 9.53 Å². The second-order valence-corrected chi connectivity index (χ2v) is 4.91. The van der Waals surface area contributed by atoms with Crippen molar-refractivity contribution in [2.75, 3.05) is 12.0 Å². The van der Waals surface area contributed by atoms with Crippen LogP contribution in [0.2, 0.25) is 0 Å². The van der Waals surface area contributed by atoms with Crippen LogP contribution in [0.4, 0.5) is 5.69 Å². The number of hydrogen-bond acceptors (Lipinski definition) is 3. The number of para-hydroxylation sites is 2. The highest BCUT2D eigenvalue weighted by atomic mass is 16.5. The number of rotatable bonds is 2. The van der Waals surface area contributed by atoms with E-state index in [1.54, 1.807) is 7.11 Å². The third-order valence-corrected chi connectivity index (χ3v) is 3.91. The molecule has 2 bridgehead atoms. The zero-order chi connectivity index (χ0) is 11.8. The van der Waals surface area contributed by atoms with E-state index in [1.165, 1.54) is 0 Å². The molecule has 2 atom stereocenters. The Kier molecular flexibility index (Phi) is 2.54. The second-order valence-electron chi connectivity index (χ2n) is 4.91. The molecule has 2 fully saturated rings. The first-order valence-electron chi connectivity index (χ1n) is 6.22. The van der Waals surface area contributed by atoms with E-state index in [-0.39, 0.29) is 0 Å². The molecule has 17 heavy (non-hydrogen) atoms. The Labute approximate surface area is 101 Å². The minimum atomic E-state index is 0.387. The average Bonchev–Trinajstić information content (AvgIpc) is 2.61. The molecule has 90 valence electrons. The third kappa shape index (κ3) is 1.70. The van der Waals surface area contributed by atoms with E-state index in [0.29, 0.717) is 30.7 Å². The summed E-state index contributed by atoms with van der Waals surface area (Å²) in [5.41, 5.74) is 1.15. The van der Waals surface area contributed by atoms with Crippen LogP contribution in [-0.4, -0.2) is 25.0 Å². The molecular formula is C14H17NO2. The highest BCUT2D eigenvalue weighted by Gasteiger charge is 2.40. The first kappa shape index (κ1) is 10.6. The Morgan fingerprint density at radius 2 is 1.82 bits per heavy atom. The Morgan fingerprint density at radius 3 is 2.47 bits per heavy atom. The zero-order valence-electron chi connectivity index (χ0n) is 10.1. The topological polar surface area (TPSA) is 29.5 Å². The number of nitrogens with zero attached hydrogens (tertiary/aromatic N) is 1. The molecule has 2 aliphatic heterocycles. The molecule has 0 aliphatic carbocycles. The number of anilines is 1. The Balaban J connectivity index is 1.97. The maximum Gasteiger partial charge on any atom is 0.142 e. The maximum atomic E-state index is 11.6. The van der Waals surface area contributed by atoms with Crippen molar-refractivity contribution in [1.82, 2.24) is 0 Å². The van der Waals surface area contributed by atoms with Gasteiger partial charge in [0.15, 0.2) is 0 Å². The van der Waals surface area contributed by atoms with Gasteiger partial charge in [-0.25, -0.2) is 0 Å². The molecule has 2 heterocycles. The van der Waals surface area contributed by atoms with Gasteiger partial charge in [0, 0.05) is 24.9 Å². The number of ketones is 1. The summed E-state index contributed by atoms with van der Waals surface area (Å²) in [5, 5.41) is 0. The van der Waals surface area contributed by atoms with E-state index in [1.807, 2.05) is 18.2 Å². The highest BCUT2D eigenvalue weighted by Crippen LogP contribution is 2.41. The summed E-state index contributed by atoms with van der Waals surface area (Å²) in [7, 11) is 1.70. The minimum Gasteiger partial charge on any atom is -0.495 e. The number of hydrogen-bond donors (Lipinski definition) is 0. The van der Waals surface area contributed by atoms with E-state index < -0.39 is 0 Å². The number of piperidine rings is 1. The first-order valence-corrected chi connectivity index (χ1v) is 6.22. The molecule has 0 saturated carbocycles. The van der Waals surface area contributed by atoms with Gasteiger partial charge < -0.3 is 9.64 Å². The molecule has 2 unspecified atom stereocenters. The lowest BCUT2D eigenvalue weighted by Gasteiger charge is -2.36. The lowest BCUT2D eigenvalue weighted by molar-refractivity contribution is -0.120. The lowest BCUT2D eigenvalue weighted by Crippen LogP contribution is -2.43. The largest absolute Gasteiger partial charge is 0.495 e. The van der Waals surface area contributed by atoms with Crippen molar-refractivity contribution in [3.8, 4) is 5.75 Å². The predicted octanol–water partition coefficient (Wildman–Crippen LogP) is 2.40. The van der Waals surface area contributed by atoms with Gasteiger partial charge in [0.1, 0.15) is 11.5 Å². The summed E-state index contributed by atoms with van der Waals surface area (Å²) >= 11 is 0. The van der Waals surface area contributed by atoms with E-state index in [0.717, 1.165) is 24.3 Å². The molecule has 3 rings (SSSR count). The molecule has 0 radical (unpaired) electrons. The summed E-state index contributed by atoms with van der Waals surface area (Å²) in [6.07, 6.45) is 3.67. The number of fused-ring (bicyclic) bond motifs is 2. The monoisotopic (exact) mass is 231 g/mol. The van der Waals surface area contributed by atoms with Crippen LogP contribution in [0.1, 0.15) is 25.7 Å². The van der Waals surface area contributed by atoms with Gasteiger partial charge in [0.25, 0.3) is 0 Å². The second kappa shape index (κ2) is 4.06. The summed E-state index contributed by atoms with van der Waals surface area (Å²) < 4.78 is 5.42. The number of benzene rings is 1.